The van der Waals surface area contributed by atoms with Gasteiger partial charge in [0.05, 0.1) is 20.8 Å². The standard InChI is InChI=1S/C34H36N6O4S2/c41-33(43-22-31-17-36-24-45-31)38-29(14-26-8-3-1-4-9-26)20-40(19-28-12-7-13-35-16-28)21-30(15-27-10-5-2-6-11-27)39-34(42)44-23-32-18-37-25-46-32/h1-13,16-18,24-25,29-30H,14-15,19-23H2,(H,38,41)(H,39,42)/t29-,30-/m0/s1. The smallest absolute Gasteiger partial charge is 0.407 e. The molecule has 12 heteroatoms. The third-order valence-corrected chi connectivity index (χ3v) is 8.54. The van der Waals surface area contributed by atoms with Gasteiger partial charge < -0.3 is 20.1 Å². The molecule has 2 amide bonds. The van der Waals surface area contributed by atoms with Gasteiger partial charge in [-0.05, 0) is 35.6 Å². The van der Waals surface area contributed by atoms with E-state index in [0.717, 1.165) is 26.4 Å². The summed E-state index contributed by atoms with van der Waals surface area (Å²) in [7, 11) is 0. The van der Waals surface area contributed by atoms with Crippen LogP contribution < -0.4 is 10.6 Å². The molecule has 3 heterocycles. The lowest BCUT2D eigenvalue weighted by Crippen LogP contribution is -2.50. The summed E-state index contributed by atoms with van der Waals surface area (Å²) in [5.41, 5.74) is 6.60. The van der Waals surface area contributed by atoms with E-state index < -0.39 is 12.2 Å². The van der Waals surface area contributed by atoms with Crippen molar-refractivity contribution in [1.29, 1.82) is 0 Å². The predicted molar refractivity (Wildman–Crippen MR) is 178 cm³/mol. The van der Waals surface area contributed by atoms with E-state index in [9.17, 15) is 9.59 Å². The van der Waals surface area contributed by atoms with Crippen molar-refractivity contribution >= 4 is 34.9 Å². The highest BCUT2D eigenvalue weighted by atomic mass is 32.1. The molecule has 2 N–H and O–H groups in total. The van der Waals surface area contributed by atoms with Crippen LogP contribution in [0.2, 0.25) is 0 Å². The van der Waals surface area contributed by atoms with Gasteiger partial charge in [0, 0.05) is 56.5 Å². The van der Waals surface area contributed by atoms with Crippen LogP contribution in [0.4, 0.5) is 9.59 Å². The normalized spacial score (nSPS) is 12.3. The third kappa shape index (κ3) is 11.4. The fourth-order valence-corrected chi connectivity index (χ4v) is 6.02. The average molecular weight is 657 g/mol. The molecule has 0 aliphatic rings. The zero-order valence-corrected chi connectivity index (χ0v) is 26.9. The van der Waals surface area contributed by atoms with E-state index in [-0.39, 0.29) is 25.3 Å². The number of ether oxygens (including phenoxy) is 2. The number of thiazole rings is 2. The monoisotopic (exact) mass is 656 g/mol. The van der Waals surface area contributed by atoms with Crippen LogP contribution in [0.15, 0.2) is 109 Å². The zero-order valence-electron chi connectivity index (χ0n) is 25.2. The lowest BCUT2D eigenvalue weighted by atomic mass is 10.0. The molecule has 2 atom stereocenters. The number of carbonyl (C=O) groups is 2. The molecule has 0 aliphatic heterocycles. The van der Waals surface area contributed by atoms with Crippen molar-refractivity contribution in [3.63, 3.8) is 0 Å². The number of pyridine rings is 1. The molecule has 5 rings (SSSR count). The summed E-state index contributed by atoms with van der Waals surface area (Å²) in [5, 5.41) is 6.19. The summed E-state index contributed by atoms with van der Waals surface area (Å²) < 4.78 is 11.1. The Morgan fingerprint density at radius 3 is 1.59 bits per heavy atom. The van der Waals surface area contributed by atoms with E-state index in [4.69, 9.17) is 9.47 Å². The van der Waals surface area contributed by atoms with Gasteiger partial charge in [-0.15, -0.1) is 22.7 Å². The van der Waals surface area contributed by atoms with Crippen molar-refractivity contribution in [3.05, 3.63) is 135 Å². The molecule has 0 fully saturated rings. The van der Waals surface area contributed by atoms with Crippen molar-refractivity contribution in [3.8, 4) is 0 Å². The maximum Gasteiger partial charge on any atom is 0.407 e. The maximum absolute atomic E-state index is 13.0. The van der Waals surface area contributed by atoms with Crippen LogP contribution in [0.1, 0.15) is 26.4 Å². The molecule has 0 aliphatic carbocycles. The Morgan fingerprint density at radius 2 is 1.15 bits per heavy atom. The second-order valence-electron chi connectivity index (χ2n) is 10.7. The minimum absolute atomic E-state index is 0.153. The first-order valence-corrected chi connectivity index (χ1v) is 16.7. The molecule has 0 bridgehead atoms. The largest absolute Gasteiger partial charge is 0.444 e. The van der Waals surface area contributed by atoms with Crippen molar-refractivity contribution in [1.82, 2.24) is 30.5 Å². The molecular formula is C34H36N6O4S2. The Morgan fingerprint density at radius 1 is 0.652 bits per heavy atom. The number of hydrogen-bond acceptors (Lipinski definition) is 10. The highest BCUT2D eigenvalue weighted by molar-refractivity contribution is 7.09. The first-order valence-electron chi connectivity index (χ1n) is 14.9. The summed E-state index contributed by atoms with van der Waals surface area (Å²) in [6.07, 6.45) is 7.14. The Bertz CT molecular complexity index is 1480. The van der Waals surface area contributed by atoms with E-state index in [1.54, 1.807) is 29.6 Å². The summed E-state index contributed by atoms with van der Waals surface area (Å²) in [6, 6.07) is 23.4. The van der Waals surface area contributed by atoms with Crippen molar-refractivity contribution in [2.75, 3.05) is 13.1 Å². The van der Waals surface area contributed by atoms with Crippen molar-refractivity contribution < 1.29 is 19.1 Å². The van der Waals surface area contributed by atoms with Gasteiger partial charge in [-0.1, -0.05) is 66.7 Å². The minimum Gasteiger partial charge on any atom is -0.444 e. The Labute approximate surface area is 276 Å². The zero-order chi connectivity index (χ0) is 31.8. The molecule has 5 aromatic rings. The van der Waals surface area contributed by atoms with Crippen molar-refractivity contribution in [2.24, 2.45) is 0 Å². The average Bonchev–Trinajstić information content (AvgIpc) is 3.79. The predicted octanol–water partition coefficient (Wildman–Crippen LogP) is 5.87. The van der Waals surface area contributed by atoms with E-state index in [1.165, 1.54) is 22.7 Å². The summed E-state index contributed by atoms with van der Waals surface area (Å²) >= 11 is 2.87. The molecule has 0 unspecified atom stereocenters. The molecular weight excluding hydrogens is 621 g/mol. The van der Waals surface area contributed by atoms with Gasteiger partial charge in [-0.25, -0.2) is 9.59 Å². The fourth-order valence-electron chi connectivity index (χ4n) is 5.01. The summed E-state index contributed by atoms with van der Waals surface area (Å²) in [6.45, 7) is 1.84. The number of benzene rings is 2. The summed E-state index contributed by atoms with van der Waals surface area (Å²) in [5.74, 6) is 0. The molecule has 2 aromatic carbocycles. The van der Waals surface area contributed by atoms with Gasteiger partial charge in [0.25, 0.3) is 0 Å². The van der Waals surface area contributed by atoms with Gasteiger partial charge in [-0.3, -0.25) is 19.9 Å². The van der Waals surface area contributed by atoms with Gasteiger partial charge in [0.15, 0.2) is 0 Å². The van der Waals surface area contributed by atoms with Crippen LogP contribution in [-0.4, -0.2) is 57.2 Å². The van der Waals surface area contributed by atoms with Crippen LogP contribution in [0.3, 0.4) is 0 Å². The van der Waals surface area contributed by atoms with E-state index in [0.29, 0.717) is 32.5 Å². The summed E-state index contributed by atoms with van der Waals surface area (Å²) in [4.78, 5) is 42.4. The lowest BCUT2D eigenvalue weighted by Gasteiger charge is -2.31. The molecule has 3 aromatic heterocycles. The topological polar surface area (TPSA) is 119 Å². The molecule has 46 heavy (non-hydrogen) atoms. The number of hydrogen-bond donors (Lipinski definition) is 2. The van der Waals surface area contributed by atoms with E-state index in [2.05, 4.69) is 30.5 Å². The van der Waals surface area contributed by atoms with Crippen LogP contribution in [0, 0.1) is 0 Å². The van der Waals surface area contributed by atoms with Gasteiger partial charge >= 0.3 is 12.2 Å². The Balaban J connectivity index is 1.33. The fraction of sp³-hybridized carbons (Fsp3) is 0.265. The third-order valence-electron chi connectivity index (χ3n) is 7.04. The highest BCUT2D eigenvalue weighted by Gasteiger charge is 2.23. The second-order valence-corrected chi connectivity index (χ2v) is 12.6. The van der Waals surface area contributed by atoms with Crippen LogP contribution in [-0.2, 0) is 42.1 Å². The molecule has 0 saturated heterocycles. The number of nitrogens with zero attached hydrogens (tertiary/aromatic N) is 4. The number of carbonyl (C=O) groups excluding carboxylic acids is 2. The molecule has 0 radical (unpaired) electrons. The quantitative estimate of drug-likeness (QED) is 0.135. The number of aromatic nitrogens is 3. The lowest BCUT2D eigenvalue weighted by molar-refractivity contribution is 0.126. The van der Waals surface area contributed by atoms with Gasteiger partial charge in [0.2, 0.25) is 0 Å². The molecule has 238 valence electrons. The molecule has 0 saturated carbocycles. The number of alkyl carbamates (subject to hydrolysis) is 2. The Hall–Kier alpha value is -4.65. The second kappa shape index (κ2) is 17.7. The SMILES string of the molecule is O=C(N[C@@H](Cc1ccccc1)CN(Cc1cccnc1)C[C@H](Cc1ccccc1)NC(=O)OCc1cncs1)OCc1cncs1. The number of amides is 2. The maximum atomic E-state index is 13.0. The van der Waals surface area contributed by atoms with Crippen molar-refractivity contribution in [2.45, 2.75) is 44.7 Å². The number of rotatable bonds is 16. The van der Waals surface area contributed by atoms with E-state index >= 15 is 0 Å². The Kier molecular flexibility index (Phi) is 12.6. The van der Waals surface area contributed by atoms with Gasteiger partial charge in [-0.2, -0.15) is 0 Å². The van der Waals surface area contributed by atoms with Crippen LogP contribution >= 0.6 is 22.7 Å². The first-order chi connectivity index (χ1) is 22.6. The number of nitrogens with one attached hydrogen (secondary N) is 2. The van der Waals surface area contributed by atoms with E-state index in [1.807, 2.05) is 79.0 Å². The molecule has 10 nitrogen and oxygen atoms in total. The van der Waals surface area contributed by atoms with Gasteiger partial charge in [0.1, 0.15) is 13.2 Å². The van der Waals surface area contributed by atoms with Crippen LogP contribution in [0.5, 0.6) is 0 Å². The highest BCUT2D eigenvalue weighted by Crippen LogP contribution is 2.14. The molecule has 0 spiro atoms. The first kappa shape index (κ1) is 32.7. The van der Waals surface area contributed by atoms with Crippen LogP contribution in [0.25, 0.3) is 0 Å². The minimum atomic E-state index is -0.499.